The van der Waals surface area contributed by atoms with Crippen molar-refractivity contribution in [1.82, 2.24) is 4.90 Å². The van der Waals surface area contributed by atoms with Gasteiger partial charge in [-0.1, -0.05) is 35.6 Å². The van der Waals surface area contributed by atoms with Gasteiger partial charge in [0.15, 0.2) is 5.11 Å². The van der Waals surface area contributed by atoms with E-state index in [0.717, 1.165) is 23.5 Å². The van der Waals surface area contributed by atoms with E-state index in [2.05, 4.69) is 34.2 Å². The van der Waals surface area contributed by atoms with Gasteiger partial charge in [-0.2, -0.15) is 0 Å². The van der Waals surface area contributed by atoms with Crippen molar-refractivity contribution < 1.29 is 5.11 Å². The van der Waals surface area contributed by atoms with Crippen LogP contribution in [0.3, 0.4) is 0 Å². The molecule has 2 aromatic rings. The van der Waals surface area contributed by atoms with Crippen molar-refractivity contribution in [2.45, 2.75) is 24.8 Å². The molecule has 1 saturated heterocycles. The fourth-order valence-electron chi connectivity index (χ4n) is 2.64. The molecule has 2 aromatic carbocycles. The fourth-order valence-corrected chi connectivity index (χ4v) is 4.41. The van der Waals surface area contributed by atoms with Crippen molar-refractivity contribution in [3.8, 4) is 11.8 Å². The predicted octanol–water partition coefficient (Wildman–Crippen LogP) is 4.91. The lowest BCUT2D eigenvalue weighted by atomic mass is 10.1. The van der Waals surface area contributed by atoms with E-state index >= 15 is 0 Å². The number of benzene rings is 2. The smallest absolute Gasteiger partial charge is 0.174 e. The molecule has 3 nitrogen and oxygen atoms in total. The molecular weight excluding hydrogens is 396 g/mol. The summed E-state index contributed by atoms with van der Waals surface area (Å²) in [6.45, 7) is 4.25. The molecule has 1 aliphatic rings. The van der Waals surface area contributed by atoms with Crippen LogP contribution < -0.4 is 5.32 Å². The Kier molecular flexibility index (Phi) is 6.33. The van der Waals surface area contributed by atoms with Crippen LogP contribution in [0.2, 0.25) is 5.02 Å². The third kappa shape index (κ3) is 5.63. The average molecular weight is 417 g/mol. The lowest BCUT2D eigenvalue weighted by molar-refractivity contribution is 0.143. The molecule has 6 heteroatoms. The van der Waals surface area contributed by atoms with Gasteiger partial charge in [-0.05, 0) is 68.0 Å². The molecule has 0 aromatic heterocycles. The number of aliphatic hydroxyl groups is 1. The number of hydrogen-bond acceptors (Lipinski definition) is 3. The molecule has 140 valence electrons. The van der Waals surface area contributed by atoms with E-state index in [1.54, 1.807) is 13.8 Å². The van der Waals surface area contributed by atoms with Crippen LogP contribution in [0.25, 0.3) is 0 Å². The van der Waals surface area contributed by atoms with Crippen LogP contribution in [-0.4, -0.2) is 33.0 Å². The van der Waals surface area contributed by atoms with Crippen molar-refractivity contribution in [3.05, 3.63) is 64.7 Å². The Morgan fingerprint density at radius 3 is 2.52 bits per heavy atom. The summed E-state index contributed by atoms with van der Waals surface area (Å²) in [4.78, 5) is 2.20. The van der Waals surface area contributed by atoms with E-state index in [1.807, 2.05) is 48.2 Å². The standard InChI is InChI=1S/C21H21ClN2OS2/c1-21(2,25)12-11-15-3-5-16(6-4-15)19-24(13-14-27-19)20(26)23-18-9-7-17(22)8-10-18/h3-10,19,25H,13-14H2,1-2H3,(H,23,26). The summed E-state index contributed by atoms with van der Waals surface area (Å²) >= 11 is 13.4. The maximum atomic E-state index is 9.73. The number of rotatable bonds is 2. The van der Waals surface area contributed by atoms with E-state index in [1.165, 1.54) is 5.56 Å². The topological polar surface area (TPSA) is 35.5 Å². The third-order valence-corrected chi connectivity index (χ3v) is 5.81. The van der Waals surface area contributed by atoms with Gasteiger partial charge in [0.2, 0.25) is 0 Å². The van der Waals surface area contributed by atoms with Crippen molar-refractivity contribution in [2.24, 2.45) is 0 Å². The Morgan fingerprint density at radius 2 is 1.89 bits per heavy atom. The molecule has 1 heterocycles. The normalized spacial score (nSPS) is 16.6. The van der Waals surface area contributed by atoms with Gasteiger partial charge in [0.05, 0.1) is 0 Å². The molecule has 0 amide bonds. The van der Waals surface area contributed by atoms with Gasteiger partial charge in [-0.3, -0.25) is 0 Å². The molecule has 3 rings (SSSR count). The lowest BCUT2D eigenvalue weighted by Gasteiger charge is -2.27. The number of anilines is 1. The maximum absolute atomic E-state index is 9.73. The summed E-state index contributed by atoms with van der Waals surface area (Å²) in [6.07, 6.45) is 0. The predicted molar refractivity (Wildman–Crippen MR) is 119 cm³/mol. The van der Waals surface area contributed by atoms with Crippen LogP contribution in [0.15, 0.2) is 48.5 Å². The molecule has 0 bridgehead atoms. The zero-order valence-electron chi connectivity index (χ0n) is 15.2. The zero-order chi connectivity index (χ0) is 19.4. The number of thiocarbonyl (C=S) groups is 1. The Morgan fingerprint density at radius 1 is 1.22 bits per heavy atom. The lowest BCUT2D eigenvalue weighted by Crippen LogP contribution is -2.34. The minimum atomic E-state index is -0.990. The van der Waals surface area contributed by atoms with Gasteiger partial charge < -0.3 is 15.3 Å². The van der Waals surface area contributed by atoms with E-state index in [0.29, 0.717) is 10.1 Å². The summed E-state index contributed by atoms with van der Waals surface area (Å²) in [7, 11) is 0. The summed E-state index contributed by atoms with van der Waals surface area (Å²) < 4.78 is 0. The summed E-state index contributed by atoms with van der Waals surface area (Å²) in [5.41, 5.74) is 2.01. The SMILES string of the molecule is CC(C)(O)C#Cc1ccc(C2SCCN2C(=S)Nc2ccc(Cl)cc2)cc1. The van der Waals surface area contributed by atoms with Crippen LogP contribution in [-0.2, 0) is 0 Å². The molecule has 0 radical (unpaired) electrons. The first-order chi connectivity index (χ1) is 12.8. The van der Waals surface area contributed by atoms with E-state index in [4.69, 9.17) is 23.8 Å². The van der Waals surface area contributed by atoms with Gasteiger partial charge >= 0.3 is 0 Å². The monoisotopic (exact) mass is 416 g/mol. The quantitative estimate of drug-likeness (QED) is 0.537. The molecule has 1 aliphatic heterocycles. The van der Waals surface area contributed by atoms with Crippen LogP contribution in [0.1, 0.15) is 30.3 Å². The number of halogens is 1. The molecule has 1 fully saturated rings. The van der Waals surface area contributed by atoms with Crippen molar-refractivity contribution >= 4 is 46.4 Å². The second-order valence-corrected chi connectivity index (χ2v) is 8.80. The van der Waals surface area contributed by atoms with E-state index in [-0.39, 0.29) is 5.37 Å². The molecule has 1 atom stereocenters. The number of nitrogens with zero attached hydrogens (tertiary/aromatic N) is 1. The zero-order valence-corrected chi connectivity index (χ0v) is 17.6. The fraction of sp³-hybridized carbons (Fsp3) is 0.286. The minimum absolute atomic E-state index is 0.175. The molecule has 0 spiro atoms. The Bertz CT molecular complexity index is 864. The van der Waals surface area contributed by atoms with E-state index in [9.17, 15) is 5.11 Å². The number of thioether (sulfide) groups is 1. The highest BCUT2D eigenvalue weighted by molar-refractivity contribution is 7.99. The highest BCUT2D eigenvalue weighted by Crippen LogP contribution is 2.38. The Labute approximate surface area is 175 Å². The Balaban J connectivity index is 1.70. The first-order valence-electron chi connectivity index (χ1n) is 8.62. The Hall–Kier alpha value is -1.71. The minimum Gasteiger partial charge on any atom is -0.378 e. The molecule has 27 heavy (non-hydrogen) atoms. The summed E-state index contributed by atoms with van der Waals surface area (Å²) in [5, 5.41) is 14.6. The average Bonchev–Trinajstić information content (AvgIpc) is 3.12. The highest BCUT2D eigenvalue weighted by atomic mass is 35.5. The van der Waals surface area contributed by atoms with Gasteiger partial charge in [0.25, 0.3) is 0 Å². The van der Waals surface area contributed by atoms with Gasteiger partial charge in [-0.25, -0.2) is 0 Å². The van der Waals surface area contributed by atoms with Gasteiger partial charge in [-0.15, -0.1) is 11.8 Å². The largest absolute Gasteiger partial charge is 0.378 e. The first-order valence-corrected chi connectivity index (χ1v) is 10.5. The summed E-state index contributed by atoms with van der Waals surface area (Å²) in [6, 6.07) is 15.7. The maximum Gasteiger partial charge on any atom is 0.174 e. The molecule has 2 N–H and O–H groups in total. The molecule has 0 saturated carbocycles. The van der Waals surface area contributed by atoms with Crippen LogP contribution in [0.4, 0.5) is 5.69 Å². The second-order valence-electron chi connectivity index (χ2n) is 6.78. The first kappa shape index (κ1) is 20.0. The third-order valence-electron chi connectivity index (χ3n) is 3.96. The number of nitrogens with one attached hydrogen (secondary N) is 1. The van der Waals surface area contributed by atoms with Crippen LogP contribution >= 0.6 is 35.6 Å². The summed E-state index contributed by atoms with van der Waals surface area (Å²) in [5.74, 6) is 6.86. The molecular formula is C21H21ClN2OS2. The van der Waals surface area contributed by atoms with Gasteiger partial charge in [0.1, 0.15) is 11.0 Å². The van der Waals surface area contributed by atoms with Crippen LogP contribution in [0, 0.1) is 11.8 Å². The van der Waals surface area contributed by atoms with Gasteiger partial charge in [0, 0.05) is 28.6 Å². The highest BCUT2D eigenvalue weighted by Gasteiger charge is 2.28. The van der Waals surface area contributed by atoms with Crippen molar-refractivity contribution in [3.63, 3.8) is 0 Å². The molecule has 0 aliphatic carbocycles. The van der Waals surface area contributed by atoms with Crippen molar-refractivity contribution in [2.75, 3.05) is 17.6 Å². The van der Waals surface area contributed by atoms with Crippen LogP contribution in [0.5, 0.6) is 0 Å². The number of hydrogen-bond donors (Lipinski definition) is 2. The van der Waals surface area contributed by atoms with Crippen molar-refractivity contribution in [1.29, 1.82) is 0 Å². The van der Waals surface area contributed by atoms with E-state index < -0.39 is 5.60 Å². The second kappa shape index (κ2) is 8.53. The molecule has 1 unspecified atom stereocenters.